The largest absolute Gasteiger partial charge is 0.492 e. The van der Waals surface area contributed by atoms with Crippen LogP contribution in [-0.4, -0.2) is 15.7 Å². The van der Waals surface area contributed by atoms with E-state index in [9.17, 15) is 4.79 Å². The first-order valence-electron chi connectivity index (χ1n) is 6.63. The molecule has 1 aromatic carbocycles. The lowest BCUT2D eigenvalue weighted by Gasteiger charge is -2.06. The zero-order valence-electron chi connectivity index (χ0n) is 11.5. The highest BCUT2D eigenvalue weighted by Crippen LogP contribution is 2.11. The Morgan fingerprint density at radius 2 is 1.80 bits per heavy atom. The second-order valence-electron chi connectivity index (χ2n) is 4.45. The second kappa shape index (κ2) is 6.62. The summed E-state index contributed by atoms with van der Waals surface area (Å²) < 4.78 is 8.89. The predicted molar refractivity (Wildman–Crippen MR) is 75.6 cm³/mol. The van der Waals surface area contributed by atoms with Crippen molar-refractivity contribution in [3.63, 3.8) is 0 Å². The van der Waals surface area contributed by atoms with Gasteiger partial charge in [-0.15, -0.1) is 0 Å². The molecular formula is C15H17N3O2. The van der Waals surface area contributed by atoms with Crippen molar-refractivity contribution >= 4 is 0 Å². The fourth-order valence-electron chi connectivity index (χ4n) is 1.92. The van der Waals surface area contributed by atoms with E-state index in [2.05, 4.69) is 6.07 Å². The zero-order chi connectivity index (χ0) is 14.4. The van der Waals surface area contributed by atoms with E-state index in [0.29, 0.717) is 24.5 Å². The molecule has 1 aromatic heterocycles. The summed E-state index contributed by atoms with van der Waals surface area (Å²) >= 11 is 0. The predicted octanol–water partition coefficient (Wildman–Crippen LogP) is 2.01. The number of aromatic nitrogens is 2. The highest BCUT2D eigenvalue weighted by atomic mass is 16.5. The average Bonchev–Trinajstić information content (AvgIpc) is 2.82. The Balaban J connectivity index is 1.89. The van der Waals surface area contributed by atoms with Crippen LogP contribution in [0.5, 0.6) is 5.75 Å². The maximum absolute atomic E-state index is 11.9. The summed E-state index contributed by atoms with van der Waals surface area (Å²) in [4.78, 5) is 11.9. The molecule has 0 atom stereocenters. The van der Waals surface area contributed by atoms with Crippen LogP contribution in [-0.2, 0) is 13.1 Å². The van der Waals surface area contributed by atoms with Gasteiger partial charge in [0.1, 0.15) is 12.4 Å². The molecule has 0 bridgehead atoms. The first-order chi connectivity index (χ1) is 9.74. The molecular weight excluding hydrogens is 254 g/mol. The van der Waals surface area contributed by atoms with Gasteiger partial charge in [-0.05, 0) is 30.7 Å². The third kappa shape index (κ3) is 3.29. The highest BCUT2D eigenvalue weighted by Gasteiger charge is 2.02. The summed E-state index contributed by atoms with van der Waals surface area (Å²) in [5.41, 5.74) is 0.598. The highest BCUT2D eigenvalue weighted by molar-refractivity contribution is 5.34. The number of ether oxygens (including phenoxy) is 1. The Morgan fingerprint density at radius 3 is 2.40 bits per heavy atom. The van der Waals surface area contributed by atoms with E-state index in [-0.39, 0.29) is 5.69 Å². The number of aryl methyl sites for hydroxylation is 1. The van der Waals surface area contributed by atoms with Gasteiger partial charge in [0, 0.05) is 18.9 Å². The Morgan fingerprint density at radius 1 is 1.15 bits per heavy atom. The van der Waals surface area contributed by atoms with Crippen LogP contribution in [0.25, 0.3) is 0 Å². The Bertz CT molecular complexity index is 647. The molecule has 0 unspecified atom stereocenters. The van der Waals surface area contributed by atoms with Gasteiger partial charge in [0.25, 0.3) is 0 Å². The normalized spacial score (nSPS) is 10.2. The van der Waals surface area contributed by atoms with Crippen molar-refractivity contribution in [2.45, 2.75) is 26.4 Å². The van der Waals surface area contributed by atoms with Crippen LogP contribution in [0.2, 0.25) is 0 Å². The van der Waals surface area contributed by atoms with Crippen molar-refractivity contribution in [3.05, 3.63) is 52.7 Å². The Hall–Kier alpha value is -2.48. The lowest BCUT2D eigenvalue weighted by Crippen LogP contribution is -2.25. The third-order valence-electron chi connectivity index (χ3n) is 2.97. The molecule has 0 N–H and O–H groups in total. The molecule has 5 nitrogen and oxygen atoms in total. The maximum Gasteiger partial charge on any atom is 0.328 e. The number of hydrogen-bond donors (Lipinski definition) is 0. The van der Waals surface area contributed by atoms with Crippen molar-refractivity contribution in [3.8, 4) is 11.8 Å². The molecule has 5 heteroatoms. The van der Waals surface area contributed by atoms with Crippen LogP contribution in [0.3, 0.4) is 0 Å². The SMILES string of the molecule is CCCn1ccn(CCOc2ccc(C#N)cc2)c1=O. The van der Waals surface area contributed by atoms with Crippen molar-refractivity contribution in [2.75, 3.05) is 6.61 Å². The van der Waals surface area contributed by atoms with Crippen molar-refractivity contribution < 1.29 is 4.74 Å². The standard InChI is InChI=1S/C15H17N3O2/c1-2-7-17-8-9-18(15(17)19)10-11-20-14-5-3-13(12-16)4-6-14/h3-6,8-9H,2,7,10-11H2,1H3. The molecule has 0 fully saturated rings. The fourth-order valence-corrected chi connectivity index (χ4v) is 1.92. The smallest absolute Gasteiger partial charge is 0.328 e. The van der Waals surface area contributed by atoms with E-state index in [0.717, 1.165) is 13.0 Å². The van der Waals surface area contributed by atoms with Crippen molar-refractivity contribution in [2.24, 2.45) is 0 Å². The number of imidazole rings is 1. The lowest BCUT2D eigenvalue weighted by atomic mass is 10.2. The van der Waals surface area contributed by atoms with Crippen molar-refractivity contribution in [1.82, 2.24) is 9.13 Å². The second-order valence-corrected chi connectivity index (χ2v) is 4.45. The van der Waals surface area contributed by atoms with Crippen LogP contribution in [0, 0.1) is 11.3 Å². The minimum Gasteiger partial charge on any atom is -0.492 e. The molecule has 20 heavy (non-hydrogen) atoms. The number of hydrogen-bond acceptors (Lipinski definition) is 3. The summed E-state index contributed by atoms with van der Waals surface area (Å²) in [5.74, 6) is 0.699. The van der Waals surface area contributed by atoms with Crippen LogP contribution in [0.1, 0.15) is 18.9 Å². The molecule has 0 saturated heterocycles. The maximum atomic E-state index is 11.9. The summed E-state index contributed by atoms with van der Waals surface area (Å²) in [6.45, 7) is 3.71. The number of rotatable bonds is 6. The molecule has 104 valence electrons. The van der Waals surface area contributed by atoms with E-state index in [1.165, 1.54) is 0 Å². The van der Waals surface area contributed by atoms with Crippen LogP contribution in [0.4, 0.5) is 0 Å². The van der Waals surface area contributed by atoms with Gasteiger partial charge in [0.05, 0.1) is 18.2 Å². The van der Waals surface area contributed by atoms with E-state index in [1.807, 2.05) is 6.92 Å². The first kappa shape index (κ1) is 13.9. The minimum atomic E-state index is -0.00437. The molecule has 0 aliphatic heterocycles. The van der Waals surface area contributed by atoms with Crippen LogP contribution >= 0.6 is 0 Å². The minimum absolute atomic E-state index is 0.00437. The van der Waals surface area contributed by atoms with Gasteiger partial charge in [0.15, 0.2) is 0 Å². The van der Waals surface area contributed by atoms with E-state index >= 15 is 0 Å². The first-order valence-corrected chi connectivity index (χ1v) is 6.63. The van der Waals surface area contributed by atoms with Crippen molar-refractivity contribution in [1.29, 1.82) is 5.26 Å². The van der Waals surface area contributed by atoms with Gasteiger partial charge in [-0.3, -0.25) is 9.13 Å². The van der Waals surface area contributed by atoms with Gasteiger partial charge in [-0.25, -0.2) is 4.79 Å². The summed E-state index contributed by atoms with van der Waals surface area (Å²) in [5, 5.41) is 8.70. The van der Waals surface area contributed by atoms with Crippen LogP contribution in [0.15, 0.2) is 41.5 Å². The number of nitriles is 1. The molecule has 0 radical (unpaired) electrons. The third-order valence-corrected chi connectivity index (χ3v) is 2.97. The molecule has 0 aliphatic rings. The number of nitrogens with zero attached hydrogens (tertiary/aromatic N) is 3. The molecule has 1 heterocycles. The molecule has 2 aromatic rings. The van der Waals surface area contributed by atoms with Crippen LogP contribution < -0.4 is 10.4 Å². The Labute approximate surface area is 117 Å². The van der Waals surface area contributed by atoms with E-state index in [4.69, 9.17) is 10.00 Å². The topological polar surface area (TPSA) is 59.9 Å². The van der Waals surface area contributed by atoms with E-state index < -0.39 is 0 Å². The molecule has 0 aliphatic carbocycles. The molecule has 0 saturated carbocycles. The summed E-state index contributed by atoms with van der Waals surface area (Å²) in [6.07, 6.45) is 4.51. The summed E-state index contributed by atoms with van der Waals surface area (Å²) in [6, 6.07) is 8.98. The quantitative estimate of drug-likeness (QED) is 0.807. The van der Waals surface area contributed by atoms with Gasteiger partial charge in [0.2, 0.25) is 0 Å². The summed E-state index contributed by atoms with van der Waals surface area (Å²) in [7, 11) is 0. The fraction of sp³-hybridized carbons (Fsp3) is 0.333. The lowest BCUT2D eigenvalue weighted by molar-refractivity contribution is 0.295. The monoisotopic (exact) mass is 271 g/mol. The molecule has 2 rings (SSSR count). The van der Waals surface area contributed by atoms with Gasteiger partial charge in [-0.2, -0.15) is 5.26 Å². The number of benzene rings is 1. The van der Waals surface area contributed by atoms with Gasteiger partial charge < -0.3 is 4.74 Å². The van der Waals surface area contributed by atoms with E-state index in [1.54, 1.807) is 45.8 Å². The average molecular weight is 271 g/mol. The van der Waals surface area contributed by atoms with Gasteiger partial charge >= 0.3 is 5.69 Å². The zero-order valence-corrected chi connectivity index (χ0v) is 11.5. The van der Waals surface area contributed by atoms with Gasteiger partial charge in [-0.1, -0.05) is 6.92 Å². The molecule has 0 spiro atoms. The Kier molecular flexibility index (Phi) is 4.61. The molecule has 0 amide bonds.